The summed E-state index contributed by atoms with van der Waals surface area (Å²) in [6, 6.07) is 2.31. The number of aromatic nitrogens is 1. The van der Waals surface area contributed by atoms with Crippen LogP contribution >= 0.6 is 23.7 Å². The van der Waals surface area contributed by atoms with Gasteiger partial charge in [0.2, 0.25) is 0 Å². The predicted molar refractivity (Wildman–Crippen MR) is 94.3 cm³/mol. The number of nitrogens with one attached hydrogen (secondary N) is 1. The number of aryl methyl sites for hydroxylation is 1. The smallest absolute Gasteiger partial charge is 0.345 e. The lowest BCUT2D eigenvalue weighted by Gasteiger charge is -2.29. The normalized spacial score (nSPS) is 17.0. The van der Waals surface area contributed by atoms with Crippen LogP contribution < -0.4 is 11.1 Å². The number of carbonyl (C=O) groups is 1. The number of amides is 1. The Hall–Kier alpha value is -1.38. The Morgan fingerprint density at radius 3 is 2.56 bits per heavy atom. The molecule has 0 radical (unpaired) electrons. The van der Waals surface area contributed by atoms with Crippen LogP contribution in [0.5, 0.6) is 0 Å². The van der Waals surface area contributed by atoms with E-state index in [2.05, 4.69) is 10.3 Å². The lowest BCUT2D eigenvalue weighted by Crippen LogP contribution is -2.53. The Kier molecular flexibility index (Phi) is 5.37. The maximum absolute atomic E-state index is 12.8. The summed E-state index contributed by atoms with van der Waals surface area (Å²) >= 11 is 0.982. The summed E-state index contributed by atoms with van der Waals surface area (Å²) in [5.41, 5.74) is 5.02. The Morgan fingerprint density at radius 2 is 2.04 bits per heavy atom. The highest BCUT2D eigenvalue weighted by Gasteiger charge is 2.42. The van der Waals surface area contributed by atoms with E-state index in [9.17, 15) is 18.0 Å². The van der Waals surface area contributed by atoms with Crippen LogP contribution in [0, 0.1) is 12.8 Å². The lowest BCUT2D eigenvalue weighted by atomic mass is 9.95. The molecule has 4 nitrogen and oxygen atoms in total. The molecule has 1 fully saturated rings. The molecule has 0 saturated heterocycles. The summed E-state index contributed by atoms with van der Waals surface area (Å²) < 4.78 is 38.4. The second-order valence-electron chi connectivity index (χ2n) is 6.45. The molecule has 0 bridgehead atoms. The average Bonchev–Trinajstić information content (AvgIpc) is 3.31. The number of thiophene rings is 1. The van der Waals surface area contributed by atoms with Crippen LogP contribution in [-0.4, -0.2) is 23.0 Å². The van der Waals surface area contributed by atoms with Crippen molar-refractivity contribution in [2.24, 2.45) is 11.7 Å². The fourth-order valence-electron chi connectivity index (χ4n) is 2.83. The van der Waals surface area contributed by atoms with Gasteiger partial charge in [-0.2, -0.15) is 13.2 Å². The Bertz CT molecular complexity index is 804. The molecule has 1 saturated carbocycles. The van der Waals surface area contributed by atoms with Gasteiger partial charge >= 0.3 is 6.18 Å². The first-order chi connectivity index (χ1) is 11.2. The highest BCUT2D eigenvalue weighted by molar-refractivity contribution is 7.20. The molecule has 1 unspecified atom stereocenters. The highest BCUT2D eigenvalue weighted by atomic mass is 35.5. The van der Waals surface area contributed by atoms with Gasteiger partial charge in [-0.25, -0.2) is 4.98 Å². The summed E-state index contributed by atoms with van der Waals surface area (Å²) in [5.74, 6) is 0.0556. The van der Waals surface area contributed by atoms with Gasteiger partial charge in [0.15, 0.2) is 0 Å². The molecule has 0 aromatic carbocycles. The molecule has 1 aliphatic carbocycles. The van der Waals surface area contributed by atoms with E-state index in [4.69, 9.17) is 5.73 Å². The third-order valence-electron chi connectivity index (χ3n) is 4.60. The van der Waals surface area contributed by atoms with E-state index in [0.29, 0.717) is 28.3 Å². The third kappa shape index (κ3) is 3.75. The molecule has 2 aromatic rings. The highest BCUT2D eigenvalue weighted by Crippen LogP contribution is 2.40. The largest absolute Gasteiger partial charge is 0.433 e. The molecule has 1 atom stereocenters. The van der Waals surface area contributed by atoms with Crippen LogP contribution in [-0.2, 0) is 6.18 Å². The van der Waals surface area contributed by atoms with Gasteiger partial charge in [0, 0.05) is 11.9 Å². The Balaban J connectivity index is 0.00000225. The van der Waals surface area contributed by atoms with Gasteiger partial charge in [-0.3, -0.25) is 4.79 Å². The van der Waals surface area contributed by atoms with Crippen LogP contribution in [0.25, 0.3) is 10.2 Å². The Labute approximate surface area is 153 Å². The topological polar surface area (TPSA) is 68.0 Å². The number of hydrogen-bond donors (Lipinski definition) is 2. The van der Waals surface area contributed by atoms with Crippen molar-refractivity contribution < 1.29 is 18.0 Å². The molecule has 0 spiro atoms. The lowest BCUT2D eigenvalue weighted by molar-refractivity contribution is -0.140. The van der Waals surface area contributed by atoms with Gasteiger partial charge in [-0.15, -0.1) is 23.7 Å². The molecular formula is C16H19ClF3N3OS. The fraction of sp³-hybridized carbons (Fsp3) is 0.500. The quantitative estimate of drug-likeness (QED) is 0.827. The van der Waals surface area contributed by atoms with E-state index < -0.39 is 17.4 Å². The van der Waals surface area contributed by atoms with Gasteiger partial charge in [0.05, 0.1) is 10.4 Å². The van der Waals surface area contributed by atoms with E-state index >= 15 is 0 Å². The summed E-state index contributed by atoms with van der Waals surface area (Å²) in [6.45, 7) is 3.95. The van der Waals surface area contributed by atoms with Gasteiger partial charge in [-0.1, -0.05) is 0 Å². The second kappa shape index (κ2) is 6.74. The molecule has 2 heterocycles. The van der Waals surface area contributed by atoms with Crippen molar-refractivity contribution in [2.45, 2.75) is 38.4 Å². The maximum atomic E-state index is 12.8. The first kappa shape index (κ1) is 19.9. The van der Waals surface area contributed by atoms with Crippen molar-refractivity contribution in [3.8, 4) is 0 Å². The fourth-order valence-corrected chi connectivity index (χ4v) is 3.91. The number of nitrogens with zero attached hydrogens (tertiary/aromatic N) is 1. The number of rotatable bonds is 4. The van der Waals surface area contributed by atoms with Crippen LogP contribution in [0.1, 0.15) is 40.7 Å². The standard InChI is InChI=1S/C16H18F3N3OS.ClH/c1-8-10-5-6-11(16(17,18)19)21-14(10)24-12(8)13(23)22-15(2,7-20)9-3-4-9;/h5-6,9H,3-4,7,20H2,1-2H3,(H,22,23);1H. The number of pyridine rings is 1. The van der Waals surface area contributed by atoms with Crippen molar-refractivity contribution in [2.75, 3.05) is 6.54 Å². The molecule has 2 aromatic heterocycles. The van der Waals surface area contributed by atoms with Crippen molar-refractivity contribution in [1.82, 2.24) is 10.3 Å². The molecule has 3 rings (SSSR count). The summed E-state index contributed by atoms with van der Waals surface area (Å²) in [5, 5.41) is 3.53. The van der Waals surface area contributed by atoms with Gasteiger partial charge in [0.1, 0.15) is 10.5 Å². The zero-order chi connectivity index (χ0) is 17.7. The number of fused-ring (bicyclic) bond motifs is 1. The maximum Gasteiger partial charge on any atom is 0.433 e. The minimum atomic E-state index is -4.50. The molecule has 1 aliphatic rings. The number of carbonyl (C=O) groups excluding carboxylic acids is 1. The molecule has 25 heavy (non-hydrogen) atoms. The van der Waals surface area contributed by atoms with Crippen molar-refractivity contribution in [3.05, 3.63) is 28.3 Å². The van der Waals surface area contributed by atoms with Crippen molar-refractivity contribution in [3.63, 3.8) is 0 Å². The van der Waals surface area contributed by atoms with Crippen LogP contribution in [0.2, 0.25) is 0 Å². The monoisotopic (exact) mass is 393 g/mol. The summed E-state index contributed by atoms with van der Waals surface area (Å²) in [4.78, 5) is 16.9. The van der Waals surface area contributed by atoms with Gasteiger partial charge in [0.25, 0.3) is 5.91 Å². The first-order valence-electron chi connectivity index (χ1n) is 7.65. The number of alkyl halides is 3. The molecular weight excluding hydrogens is 375 g/mol. The van der Waals surface area contributed by atoms with Gasteiger partial charge in [-0.05, 0) is 50.3 Å². The average molecular weight is 394 g/mol. The summed E-state index contributed by atoms with van der Waals surface area (Å²) in [6.07, 6.45) is -2.45. The van der Waals surface area contributed by atoms with E-state index in [-0.39, 0.29) is 23.1 Å². The SMILES string of the molecule is Cc1c(C(=O)NC(C)(CN)C2CC2)sc2nc(C(F)(F)F)ccc12.Cl. The minimum Gasteiger partial charge on any atom is -0.345 e. The van der Waals surface area contributed by atoms with E-state index in [1.165, 1.54) is 6.07 Å². The molecule has 9 heteroatoms. The second-order valence-corrected chi connectivity index (χ2v) is 7.45. The number of nitrogens with two attached hydrogens (primary N) is 1. The zero-order valence-electron chi connectivity index (χ0n) is 13.7. The zero-order valence-corrected chi connectivity index (χ0v) is 15.4. The van der Waals surface area contributed by atoms with Crippen molar-refractivity contribution in [1.29, 1.82) is 0 Å². The van der Waals surface area contributed by atoms with Crippen molar-refractivity contribution >= 4 is 39.9 Å². The van der Waals surface area contributed by atoms with Crippen LogP contribution in [0.4, 0.5) is 13.2 Å². The number of hydrogen-bond acceptors (Lipinski definition) is 4. The minimum absolute atomic E-state index is 0. The molecule has 0 aliphatic heterocycles. The van der Waals surface area contributed by atoms with Crippen LogP contribution in [0.15, 0.2) is 12.1 Å². The predicted octanol–water partition coefficient (Wildman–Crippen LogP) is 3.90. The molecule has 138 valence electrons. The van der Waals surface area contributed by atoms with Gasteiger partial charge < -0.3 is 11.1 Å². The van der Waals surface area contributed by atoms with E-state index in [1.54, 1.807) is 6.92 Å². The Morgan fingerprint density at radius 1 is 1.40 bits per heavy atom. The van der Waals surface area contributed by atoms with Crippen LogP contribution in [0.3, 0.4) is 0 Å². The number of halogens is 4. The first-order valence-corrected chi connectivity index (χ1v) is 8.47. The van der Waals surface area contributed by atoms with E-state index in [1.807, 2.05) is 6.92 Å². The molecule has 3 N–H and O–H groups in total. The summed E-state index contributed by atoms with van der Waals surface area (Å²) in [7, 11) is 0. The van der Waals surface area contributed by atoms with E-state index in [0.717, 1.165) is 30.2 Å². The molecule has 1 amide bonds. The third-order valence-corrected chi connectivity index (χ3v) is 5.80.